The summed E-state index contributed by atoms with van der Waals surface area (Å²) in [6.07, 6.45) is 2.00. The first-order valence-electron chi connectivity index (χ1n) is 7.26. The Balaban J connectivity index is 1.85. The summed E-state index contributed by atoms with van der Waals surface area (Å²) in [5, 5.41) is 3.32. The van der Waals surface area contributed by atoms with E-state index in [0.717, 1.165) is 39.3 Å². The number of hydrogen-bond donors (Lipinski definition) is 1. The van der Waals surface area contributed by atoms with E-state index in [9.17, 15) is 0 Å². The number of piperazine rings is 1. The van der Waals surface area contributed by atoms with Crippen LogP contribution in [0.5, 0.6) is 0 Å². The fourth-order valence-electron chi connectivity index (χ4n) is 2.42. The number of rotatable bonds is 5. The van der Waals surface area contributed by atoms with E-state index in [0.29, 0.717) is 6.04 Å². The molecule has 1 aliphatic rings. The summed E-state index contributed by atoms with van der Waals surface area (Å²) in [5.74, 6) is 0. The smallest absolute Gasteiger partial charge is 0.0544 e. The maximum atomic E-state index is 4.57. The van der Waals surface area contributed by atoms with Crippen molar-refractivity contribution >= 4 is 0 Å². The number of likely N-dealkylation sites (N-methyl/N-ethyl adjacent to an activating group) is 1. The number of hydrogen-bond acceptors (Lipinski definition) is 4. The van der Waals surface area contributed by atoms with Crippen molar-refractivity contribution in [3.63, 3.8) is 0 Å². The van der Waals surface area contributed by atoms with Crippen molar-refractivity contribution in [2.75, 3.05) is 33.2 Å². The molecule has 0 amide bonds. The third kappa shape index (κ3) is 4.27. The molecule has 0 saturated carbocycles. The molecule has 1 atom stereocenters. The quantitative estimate of drug-likeness (QED) is 0.867. The van der Waals surface area contributed by atoms with Gasteiger partial charge in [-0.3, -0.25) is 9.88 Å². The van der Waals surface area contributed by atoms with Crippen molar-refractivity contribution in [2.24, 2.45) is 0 Å². The van der Waals surface area contributed by atoms with E-state index in [1.807, 2.05) is 6.20 Å². The van der Waals surface area contributed by atoms with Crippen molar-refractivity contribution in [1.82, 2.24) is 20.1 Å². The largest absolute Gasteiger partial charge is 0.313 e. The van der Waals surface area contributed by atoms with Crippen molar-refractivity contribution in [2.45, 2.75) is 33.0 Å². The van der Waals surface area contributed by atoms with Crippen LogP contribution in [-0.2, 0) is 13.1 Å². The first kappa shape index (κ1) is 14.4. The Labute approximate surface area is 116 Å². The van der Waals surface area contributed by atoms with Gasteiger partial charge < -0.3 is 10.2 Å². The molecule has 106 valence electrons. The van der Waals surface area contributed by atoms with Crippen LogP contribution in [0, 0.1) is 0 Å². The minimum Gasteiger partial charge on any atom is -0.313 e. The van der Waals surface area contributed by atoms with Gasteiger partial charge in [0.1, 0.15) is 0 Å². The van der Waals surface area contributed by atoms with Gasteiger partial charge in [0.05, 0.1) is 5.69 Å². The highest BCUT2D eigenvalue weighted by molar-refractivity contribution is 5.14. The normalized spacial score (nSPS) is 21.7. The average Bonchev–Trinajstić information content (AvgIpc) is 2.42. The molecule has 4 heteroatoms. The molecule has 19 heavy (non-hydrogen) atoms. The summed E-state index contributed by atoms with van der Waals surface area (Å²) in [5.41, 5.74) is 2.44. The second-order valence-corrected chi connectivity index (χ2v) is 5.50. The maximum absolute atomic E-state index is 4.57. The molecule has 0 aliphatic carbocycles. The van der Waals surface area contributed by atoms with Crippen molar-refractivity contribution in [3.05, 3.63) is 29.6 Å². The van der Waals surface area contributed by atoms with Gasteiger partial charge in [0.2, 0.25) is 0 Å². The van der Waals surface area contributed by atoms with Gasteiger partial charge in [0.15, 0.2) is 0 Å². The highest BCUT2D eigenvalue weighted by Crippen LogP contribution is 2.10. The highest BCUT2D eigenvalue weighted by atomic mass is 15.3. The summed E-state index contributed by atoms with van der Waals surface area (Å²) in [4.78, 5) is 9.49. The second kappa shape index (κ2) is 6.98. The summed E-state index contributed by atoms with van der Waals surface area (Å²) < 4.78 is 0. The van der Waals surface area contributed by atoms with Crippen LogP contribution in [0.15, 0.2) is 18.3 Å². The summed E-state index contributed by atoms with van der Waals surface area (Å²) >= 11 is 0. The predicted octanol–water partition coefficient (Wildman–Crippen LogP) is 1.33. The third-order valence-corrected chi connectivity index (χ3v) is 3.89. The van der Waals surface area contributed by atoms with Gasteiger partial charge in [-0.05, 0) is 32.1 Å². The number of aromatic nitrogens is 1. The Bertz CT molecular complexity index is 376. The molecule has 0 spiro atoms. The fourth-order valence-corrected chi connectivity index (χ4v) is 2.42. The molecule has 4 nitrogen and oxygen atoms in total. The molecule has 1 aromatic heterocycles. The highest BCUT2D eigenvalue weighted by Gasteiger charge is 2.20. The molecule has 2 rings (SSSR count). The van der Waals surface area contributed by atoms with Crippen LogP contribution >= 0.6 is 0 Å². The Morgan fingerprint density at radius 3 is 2.84 bits per heavy atom. The minimum atomic E-state index is 0.641. The zero-order chi connectivity index (χ0) is 13.7. The van der Waals surface area contributed by atoms with Crippen LogP contribution in [0.3, 0.4) is 0 Å². The van der Waals surface area contributed by atoms with Gasteiger partial charge in [-0.1, -0.05) is 13.0 Å². The number of nitrogens with zero attached hydrogens (tertiary/aromatic N) is 3. The van der Waals surface area contributed by atoms with E-state index < -0.39 is 0 Å². The van der Waals surface area contributed by atoms with E-state index in [2.05, 4.69) is 53.1 Å². The van der Waals surface area contributed by atoms with Crippen molar-refractivity contribution in [3.8, 4) is 0 Å². The van der Waals surface area contributed by atoms with Crippen molar-refractivity contribution < 1.29 is 0 Å². The topological polar surface area (TPSA) is 31.4 Å². The summed E-state index contributed by atoms with van der Waals surface area (Å²) in [6, 6.07) is 4.99. The molecule has 1 saturated heterocycles. The molecule has 1 aromatic rings. The first-order valence-corrected chi connectivity index (χ1v) is 7.26. The Morgan fingerprint density at radius 2 is 2.21 bits per heavy atom. The Morgan fingerprint density at radius 1 is 1.37 bits per heavy atom. The van der Waals surface area contributed by atoms with Crippen LogP contribution in [0.1, 0.15) is 25.1 Å². The lowest BCUT2D eigenvalue weighted by molar-refractivity contribution is 0.0990. The van der Waals surface area contributed by atoms with Crippen molar-refractivity contribution in [1.29, 1.82) is 0 Å². The molecule has 0 bridgehead atoms. The van der Waals surface area contributed by atoms with E-state index in [4.69, 9.17) is 0 Å². The molecular formula is C15H26N4. The van der Waals surface area contributed by atoms with Gasteiger partial charge in [-0.25, -0.2) is 0 Å². The lowest BCUT2D eigenvalue weighted by Crippen LogP contribution is -2.49. The second-order valence-electron chi connectivity index (χ2n) is 5.50. The van der Waals surface area contributed by atoms with Gasteiger partial charge in [0.25, 0.3) is 0 Å². The van der Waals surface area contributed by atoms with Gasteiger partial charge >= 0.3 is 0 Å². The van der Waals surface area contributed by atoms with E-state index >= 15 is 0 Å². The van der Waals surface area contributed by atoms with Gasteiger partial charge in [0, 0.05) is 45.0 Å². The SMILES string of the molecule is CCNCc1ccc(CN2CCN(C)C(C)C2)nc1. The molecule has 1 fully saturated rings. The van der Waals surface area contributed by atoms with Crippen LogP contribution in [0.2, 0.25) is 0 Å². The van der Waals surface area contributed by atoms with E-state index in [1.165, 1.54) is 11.3 Å². The van der Waals surface area contributed by atoms with E-state index in [1.54, 1.807) is 0 Å². The van der Waals surface area contributed by atoms with Crippen LogP contribution in [0.25, 0.3) is 0 Å². The minimum absolute atomic E-state index is 0.641. The Kier molecular flexibility index (Phi) is 5.31. The molecule has 2 heterocycles. The molecule has 1 unspecified atom stereocenters. The molecular weight excluding hydrogens is 236 g/mol. The van der Waals surface area contributed by atoms with Crippen LogP contribution < -0.4 is 5.32 Å². The predicted molar refractivity (Wildman–Crippen MR) is 79.0 cm³/mol. The third-order valence-electron chi connectivity index (χ3n) is 3.89. The van der Waals surface area contributed by atoms with Crippen LogP contribution in [0.4, 0.5) is 0 Å². The van der Waals surface area contributed by atoms with E-state index in [-0.39, 0.29) is 0 Å². The monoisotopic (exact) mass is 262 g/mol. The zero-order valence-electron chi connectivity index (χ0n) is 12.4. The fraction of sp³-hybridized carbons (Fsp3) is 0.667. The average molecular weight is 262 g/mol. The lowest BCUT2D eigenvalue weighted by atomic mass is 10.2. The number of nitrogens with one attached hydrogen (secondary N) is 1. The maximum Gasteiger partial charge on any atom is 0.0544 e. The number of pyridine rings is 1. The Hall–Kier alpha value is -0.970. The first-order chi connectivity index (χ1) is 9.19. The summed E-state index contributed by atoms with van der Waals surface area (Å²) in [6.45, 7) is 10.7. The van der Waals surface area contributed by atoms with Crippen LogP contribution in [-0.4, -0.2) is 54.1 Å². The van der Waals surface area contributed by atoms with Gasteiger partial charge in [-0.15, -0.1) is 0 Å². The standard InChI is InChI=1S/C15H26N4/c1-4-16-9-14-5-6-15(17-10-14)12-19-8-7-18(3)13(2)11-19/h5-6,10,13,16H,4,7-9,11-12H2,1-3H3. The summed E-state index contributed by atoms with van der Waals surface area (Å²) in [7, 11) is 2.20. The molecule has 1 aliphatic heterocycles. The molecule has 1 N–H and O–H groups in total. The zero-order valence-corrected chi connectivity index (χ0v) is 12.4. The molecule has 0 aromatic carbocycles. The molecule has 0 radical (unpaired) electrons. The lowest BCUT2D eigenvalue weighted by Gasteiger charge is -2.37. The van der Waals surface area contributed by atoms with Gasteiger partial charge in [-0.2, -0.15) is 0 Å².